The van der Waals surface area contributed by atoms with Crippen molar-refractivity contribution in [3.8, 4) is 0 Å². The third-order valence-corrected chi connectivity index (χ3v) is 4.78. The standard InChI is InChI=1S/C20H42N2O2/c1-8-16(3)11-12-18(17(4)9-2)15-21-13-10-14-22-19(23)24-20(5,6)7/h16-18,21H,8-15H2,1-7H3,(H,22,23). The molecule has 144 valence electrons. The summed E-state index contributed by atoms with van der Waals surface area (Å²) >= 11 is 0. The van der Waals surface area contributed by atoms with Gasteiger partial charge in [0.15, 0.2) is 0 Å². The van der Waals surface area contributed by atoms with Crippen LogP contribution in [0, 0.1) is 17.8 Å². The smallest absolute Gasteiger partial charge is 0.407 e. The molecule has 3 atom stereocenters. The van der Waals surface area contributed by atoms with E-state index in [1.807, 2.05) is 20.8 Å². The summed E-state index contributed by atoms with van der Waals surface area (Å²) in [6.07, 6.45) is 5.76. The Morgan fingerprint density at radius 3 is 2.25 bits per heavy atom. The molecular formula is C20H42N2O2. The maximum absolute atomic E-state index is 11.6. The fourth-order valence-electron chi connectivity index (χ4n) is 2.63. The third kappa shape index (κ3) is 12.6. The van der Waals surface area contributed by atoms with Gasteiger partial charge in [0, 0.05) is 6.54 Å². The molecule has 0 heterocycles. The molecule has 0 radical (unpaired) electrons. The van der Waals surface area contributed by atoms with Gasteiger partial charge in [0.25, 0.3) is 0 Å². The molecule has 0 aliphatic carbocycles. The Bertz CT molecular complexity index is 326. The van der Waals surface area contributed by atoms with Crippen LogP contribution in [-0.2, 0) is 4.74 Å². The van der Waals surface area contributed by atoms with Crippen LogP contribution in [0.4, 0.5) is 4.79 Å². The predicted octanol–water partition coefficient (Wildman–Crippen LogP) is 4.98. The Morgan fingerprint density at radius 1 is 1.04 bits per heavy atom. The first-order valence-electron chi connectivity index (χ1n) is 9.87. The summed E-state index contributed by atoms with van der Waals surface area (Å²) in [6.45, 7) is 17.6. The molecule has 0 bridgehead atoms. The second-order valence-corrected chi connectivity index (χ2v) is 8.22. The molecule has 0 saturated heterocycles. The van der Waals surface area contributed by atoms with Crippen LogP contribution < -0.4 is 10.6 Å². The monoisotopic (exact) mass is 342 g/mol. The van der Waals surface area contributed by atoms with Gasteiger partial charge in [-0.3, -0.25) is 0 Å². The summed E-state index contributed by atoms with van der Waals surface area (Å²) in [7, 11) is 0. The highest BCUT2D eigenvalue weighted by molar-refractivity contribution is 5.67. The van der Waals surface area contributed by atoms with Gasteiger partial charge in [0.2, 0.25) is 0 Å². The summed E-state index contributed by atoms with van der Waals surface area (Å²) in [5.41, 5.74) is -0.429. The first-order valence-corrected chi connectivity index (χ1v) is 9.87. The van der Waals surface area contributed by atoms with E-state index in [0.717, 1.165) is 37.3 Å². The molecule has 3 unspecified atom stereocenters. The van der Waals surface area contributed by atoms with Gasteiger partial charge in [0.05, 0.1) is 0 Å². The van der Waals surface area contributed by atoms with E-state index >= 15 is 0 Å². The van der Waals surface area contributed by atoms with Crippen LogP contribution in [0.2, 0.25) is 0 Å². The van der Waals surface area contributed by atoms with E-state index in [2.05, 4.69) is 38.3 Å². The number of alkyl carbamates (subject to hydrolysis) is 1. The van der Waals surface area contributed by atoms with Crippen molar-refractivity contribution in [3.63, 3.8) is 0 Å². The summed E-state index contributed by atoms with van der Waals surface area (Å²) < 4.78 is 5.22. The van der Waals surface area contributed by atoms with Crippen LogP contribution in [0.3, 0.4) is 0 Å². The Hall–Kier alpha value is -0.770. The zero-order chi connectivity index (χ0) is 18.6. The molecule has 0 aromatic heterocycles. The lowest BCUT2D eigenvalue weighted by Gasteiger charge is -2.25. The van der Waals surface area contributed by atoms with E-state index in [4.69, 9.17) is 4.74 Å². The topological polar surface area (TPSA) is 50.4 Å². The Kier molecular flexibility index (Phi) is 12.2. The number of rotatable bonds is 12. The molecule has 4 heteroatoms. The molecule has 4 nitrogen and oxygen atoms in total. The molecule has 0 saturated carbocycles. The fourth-order valence-corrected chi connectivity index (χ4v) is 2.63. The lowest BCUT2D eigenvalue weighted by molar-refractivity contribution is 0.0527. The Morgan fingerprint density at radius 2 is 1.71 bits per heavy atom. The van der Waals surface area contributed by atoms with Crippen molar-refractivity contribution in [2.75, 3.05) is 19.6 Å². The van der Waals surface area contributed by atoms with Crippen molar-refractivity contribution in [2.24, 2.45) is 17.8 Å². The SMILES string of the molecule is CCC(C)CCC(CNCCCNC(=O)OC(C)(C)C)C(C)CC. The van der Waals surface area contributed by atoms with E-state index in [0.29, 0.717) is 6.54 Å². The normalized spacial score (nSPS) is 15.6. The molecule has 24 heavy (non-hydrogen) atoms. The summed E-state index contributed by atoms with van der Waals surface area (Å²) in [6, 6.07) is 0. The number of hydrogen-bond donors (Lipinski definition) is 2. The summed E-state index contributed by atoms with van der Waals surface area (Å²) in [5, 5.41) is 6.38. The minimum Gasteiger partial charge on any atom is -0.444 e. The molecule has 0 rings (SSSR count). The number of ether oxygens (including phenoxy) is 1. The Labute approximate surface area is 150 Å². The second kappa shape index (κ2) is 12.6. The van der Waals surface area contributed by atoms with Crippen LogP contribution in [0.25, 0.3) is 0 Å². The second-order valence-electron chi connectivity index (χ2n) is 8.22. The zero-order valence-corrected chi connectivity index (χ0v) is 17.2. The molecule has 0 aromatic rings. The lowest BCUT2D eigenvalue weighted by atomic mass is 9.85. The quantitative estimate of drug-likeness (QED) is 0.492. The van der Waals surface area contributed by atoms with Gasteiger partial charge in [-0.15, -0.1) is 0 Å². The number of amides is 1. The van der Waals surface area contributed by atoms with E-state index < -0.39 is 5.60 Å². The average Bonchev–Trinajstić information content (AvgIpc) is 2.50. The van der Waals surface area contributed by atoms with Gasteiger partial charge < -0.3 is 15.4 Å². The van der Waals surface area contributed by atoms with E-state index in [-0.39, 0.29) is 6.09 Å². The number of carbonyl (C=O) groups is 1. The van der Waals surface area contributed by atoms with Gasteiger partial charge in [-0.05, 0) is 64.5 Å². The van der Waals surface area contributed by atoms with Gasteiger partial charge in [-0.1, -0.05) is 47.0 Å². The summed E-state index contributed by atoms with van der Waals surface area (Å²) in [5.74, 6) is 2.35. The molecule has 0 aliphatic heterocycles. The highest BCUT2D eigenvalue weighted by atomic mass is 16.6. The van der Waals surface area contributed by atoms with Crippen molar-refractivity contribution in [1.82, 2.24) is 10.6 Å². The van der Waals surface area contributed by atoms with Gasteiger partial charge in [-0.2, -0.15) is 0 Å². The van der Waals surface area contributed by atoms with E-state index in [1.54, 1.807) is 0 Å². The summed E-state index contributed by atoms with van der Waals surface area (Å²) in [4.78, 5) is 11.6. The van der Waals surface area contributed by atoms with Gasteiger partial charge in [0.1, 0.15) is 5.60 Å². The number of carbonyl (C=O) groups excluding carboxylic acids is 1. The van der Waals surface area contributed by atoms with Crippen LogP contribution in [0.5, 0.6) is 0 Å². The van der Waals surface area contributed by atoms with Gasteiger partial charge >= 0.3 is 6.09 Å². The molecule has 0 aliphatic rings. The molecule has 0 aromatic carbocycles. The first-order chi connectivity index (χ1) is 11.2. The van der Waals surface area contributed by atoms with Crippen LogP contribution >= 0.6 is 0 Å². The van der Waals surface area contributed by atoms with Crippen LogP contribution in [0.15, 0.2) is 0 Å². The minimum atomic E-state index is -0.429. The fraction of sp³-hybridized carbons (Fsp3) is 0.950. The molecular weight excluding hydrogens is 300 g/mol. The van der Waals surface area contributed by atoms with Crippen molar-refractivity contribution in [3.05, 3.63) is 0 Å². The lowest BCUT2D eigenvalue weighted by Crippen LogP contribution is -2.34. The Balaban J connectivity index is 3.89. The molecule has 1 amide bonds. The van der Waals surface area contributed by atoms with Crippen molar-refractivity contribution in [2.45, 2.75) is 86.2 Å². The average molecular weight is 343 g/mol. The minimum absolute atomic E-state index is 0.325. The predicted molar refractivity (Wildman–Crippen MR) is 103 cm³/mol. The van der Waals surface area contributed by atoms with Crippen molar-refractivity contribution >= 4 is 6.09 Å². The maximum Gasteiger partial charge on any atom is 0.407 e. The largest absolute Gasteiger partial charge is 0.444 e. The first kappa shape index (κ1) is 23.2. The highest BCUT2D eigenvalue weighted by Gasteiger charge is 2.17. The number of nitrogens with one attached hydrogen (secondary N) is 2. The maximum atomic E-state index is 11.6. The van der Waals surface area contributed by atoms with E-state index in [1.165, 1.54) is 25.7 Å². The highest BCUT2D eigenvalue weighted by Crippen LogP contribution is 2.23. The van der Waals surface area contributed by atoms with Gasteiger partial charge in [-0.25, -0.2) is 4.79 Å². The molecule has 0 fully saturated rings. The number of hydrogen-bond acceptors (Lipinski definition) is 3. The molecule has 0 spiro atoms. The zero-order valence-electron chi connectivity index (χ0n) is 17.2. The van der Waals surface area contributed by atoms with Crippen LogP contribution in [-0.4, -0.2) is 31.3 Å². The van der Waals surface area contributed by atoms with Crippen LogP contribution in [0.1, 0.15) is 80.6 Å². The van der Waals surface area contributed by atoms with Crippen molar-refractivity contribution < 1.29 is 9.53 Å². The molecule has 2 N–H and O–H groups in total. The van der Waals surface area contributed by atoms with Crippen molar-refractivity contribution in [1.29, 1.82) is 0 Å². The third-order valence-electron chi connectivity index (χ3n) is 4.78. The van der Waals surface area contributed by atoms with E-state index in [9.17, 15) is 4.79 Å².